The molecule has 4 aromatic rings. The topological polar surface area (TPSA) is 83.8 Å². The Bertz CT molecular complexity index is 1360. The number of fused-ring (bicyclic) bond motifs is 1. The Kier molecular flexibility index (Phi) is 5.36. The van der Waals surface area contributed by atoms with Crippen LogP contribution in [-0.4, -0.2) is 24.9 Å². The minimum Gasteiger partial charge on any atom is -0.508 e. The minimum atomic E-state index is -4.93. The quantitative estimate of drug-likeness (QED) is 0.404. The van der Waals surface area contributed by atoms with E-state index in [1.54, 1.807) is 12.1 Å². The molecule has 0 aliphatic rings. The molecular weight excluding hydrogens is 480 g/mol. The lowest BCUT2D eigenvalue weighted by molar-refractivity contribution is -0.140. The number of alkyl halides is 3. The van der Waals surface area contributed by atoms with Gasteiger partial charge in [-0.3, -0.25) is 4.79 Å². The fourth-order valence-electron chi connectivity index (χ4n) is 3.11. The number of aromatic nitrogens is 4. The van der Waals surface area contributed by atoms with Crippen molar-refractivity contribution >= 4 is 45.8 Å². The number of rotatable bonds is 3. The molecule has 2 heterocycles. The molecule has 0 fully saturated rings. The minimum absolute atomic E-state index is 0.00921. The van der Waals surface area contributed by atoms with Crippen LogP contribution in [0.5, 0.6) is 5.75 Å². The van der Waals surface area contributed by atoms with Crippen LogP contribution < -0.4 is 5.56 Å². The van der Waals surface area contributed by atoms with Gasteiger partial charge in [-0.15, -0.1) is 0 Å². The zero-order chi connectivity index (χ0) is 22.5. The number of nitrogens with zero attached hydrogens (tertiary/aromatic N) is 3. The maximum atomic E-state index is 13.6. The monoisotopic (exact) mass is 488 g/mol. The van der Waals surface area contributed by atoms with Gasteiger partial charge in [0.15, 0.2) is 11.3 Å². The highest BCUT2D eigenvalue weighted by atomic mass is 35.5. The summed E-state index contributed by atoms with van der Waals surface area (Å²) in [5.74, 6) is 0.0456. The van der Waals surface area contributed by atoms with Crippen molar-refractivity contribution < 1.29 is 18.3 Å². The maximum Gasteiger partial charge on any atom is 0.436 e. The summed E-state index contributed by atoms with van der Waals surface area (Å²) in [6, 6.07) is 8.71. The second kappa shape index (κ2) is 7.74. The second-order valence-electron chi connectivity index (χ2n) is 6.53. The normalized spacial score (nSPS) is 11.9. The summed E-state index contributed by atoms with van der Waals surface area (Å²) in [5.41, 5.74) is -2.36. The average Bonchev–Trinajstić information content (AvgIpc) is 3.01. The van der Waals surface area contributed by atoms with Crippen molar-refractivity contribution in [1.82, 2.24) is 19.7 Å². The Balaban J connectivity index is 2.00. The molecule has 12 heteroatoms. The van der Waals surface area contributed by atoms with Gasteiger partial charge in [0.05, 0.1) is 10.0 Å². The molecule has 0 atom stereocenters. The van der Waals surface area contributed by atoms with Crippen LogP contribution in [0.15, 0.2) is 41.2 Å². The molecule has 0 bridgehead atoms. The molecule has 0 saturated heterocycles. The highest BCUT2D eigenvalue weighted by Crippen LogP contribution is 2.37. The summed E-state index contributed by atoms with van der Waals surface area (Å²) in [6.07, 6.45) is -4.90. The molecule has 2 N–H and O–H groups in total. The summed E-state index contributed by atoms with van der Waals surface area (Å²) in [7, 11) is 0. The summed E-state index contributed by atoms with van der Waals surface area (Å²) >= 11 is 18.2. The van der Waals surface area contributed by atoms with Gasteiger partial charge in [-0.2, -0.15) is 18.3 Å². The van der Waals surface area contributed by atoms with Crippen LogP contribution in [0.4, 0.5) is 13.2 Å². The first-order chi connectivity index (χ1) is 14.5. The smallest absolute Gasteiger partial charge is 0.436 e. The number of benzene rings is 2. The third-order valence-corrected chi connectivity index (χ3v) is 5.13. The Morgan fingerprint density at radius 2 is 1.77 bits per heavy atom. The van der Waals surface area contributed by atoms with E-state index in [2.05, 4.69) is 15.1 Å². The van der Waals surface area contributed by atoms with E-state index in [9.17, 15) is 23.1 Å². The van der Waals surface area contributed by atoms with Crippen LogP contribution in [0.25, 0.3) is 16.7 Å². The van der Waals surface area contributed by atoms with Crippen molar-refractivity contribution in [3.63, 3.8) is 0 Å². The van der Waals surface area contributed by atoms with Gasteiger partial charge in [0.25, 0.3) is 5.56 Å². The lowest BCUT2D eigenvalue weighted by atomic mass is 10.1. The van der Waals surface area contributed by atoms with E-state index < -0.39 is 22.8 Å². The molecule has 4 rings (SSSR count). The van der Waals surface area contributed by atoms with Crippen LogP contribution in [0, 0.1) is 0 Å². The van der Waals surface area contributed by atoms with E-state index >= 15 is 0 Å². The number of aromatic hydroxyl groups is 1. The van der Waals surface area contributed by atoms with E-state index in [-0.39, 0.29) is 44.4 Å². The van der Waals surface area contributed by atoms with Gasteiger partial charge in [-0.05, 0) is 29.8 Å². The molecule has 0 saturated carbocycles. The standard InChI is InChI=1S/C19H10Cl3F3N4O2/c20-9-6-11(21)15(12(22)7-9)29-17-14(16(28-29)19(23,24)25)18(31)27-13(26-17)5-8-2-1-3-10(30)4-8/h1-4,6-7,30H,5H2,(H,26,27,31). The zero-order valence-corrected chi connectivity index (χ0v) is 17.4. The van der Waals surface area contributed by atoms with E-state index in [4.69, 9.17) is 34.8 Å². The molecule has 0 aliphatic carbocycles. The fourth-order valence-corrected chi connectivity index (χ4v) is 4.08. The molecule has 0 amide bonds. The van der Waals surface area contributed by atoms with Crippen LogP contribution in [0.1, 0.15) is 17.1 Å². The number of H-pyrrole nitrogens is 1. The molecule has 0 radical (unpaired) electrons. The molecule has 0 aliphatic heterocycles. The van der Waals surface area contributed by atoms with Crippen molar-refractivity contribution in [1.29, 1.82) is 0 Å². The molecule has 2 aromatic carbocycles. The predicted octanol–water partition coefficient (Wildman–Crippen LogP) is 5.38. The highest BCUT2D eigenvalue weighted by Gasteiger charge is 2.39. The number of hydrogen-bond acceptors (Lipinski definition) is 4. The first-order valence-electron chi connectivity index (χ1n) is 8.56. The molecule has 160 valence electrons. The largest absolute Gasteiger partial charge is 0.508 e. The molecular formula is C19H10Cl3F3N4O2. The van der Waals surface area contributed by atoms with Gasteiger partial charge in [0, 0.05) is 11.4 Å². The molecule has 0 unspecified atom stereocenters. The Labute approximate surface area is 186 Å². The van der Waals surface area contributed by atoms with Crippen LogP contribution >= 0.6 is 34.8 Å². The maximum absolute atomic E-state index is 13.6. The third-order valence-electron chi connectivity index (χ3n) is 4.33. The lowest BCUT2D eigenvalue weighted by Crippen LogP contribution is -2.16. The number of phenolic OH excluding ortho intramolecular Hbond substituents is 1. The van der Waals surface area contributed by atoms with Crippen LogP contribution in [-0.2, 0) is 12.6 Å². The number of aromatic amines is 1. The molecule has 31 heavy (non-hydrogen) atoms. The Morgan fingerprint density at radius 3 is 2.39 bits per heavy atom. The van der Waals surface area contributed by atoms with E-state index in [1.165, 1.54) is 24.3 Å². The summed E-state index contributed by atoms with van der Waals surface area (Å²) < 4.78 is 41.6. The Morgan fingerprint density at radius 1 is 1.10 bits per heavy atom. The summed E-state index contributed by atoms with van der Waals surface area (Å²) in [5, 5.41) is 12.4. The van der Waals surface area contributed by atoms with Crippen molar-refractivity contribution in [3.05, 3.63) is 78.9 Å². The van der Waals surface area contributed by atoms with Gasteiger partial charge in [0.1, 0.15) is 22.6 Å². The molecule has 6 nitrogen and oxygen atoms in total. The number of nitrogens with one attached hydrogen (secondary N) is 1. The summed E-state index contributed by atoms with van der Waals surface area (Å²) in [6.45, 7) is 0. The van der Waals surface area contributed by atoms with Crippen LogP contribution in [0.2, 0.25) is 15.1 Å². The van der Waals surface area contributed by atoms with Crippen LogP contribution in [0.3, 0.4) is 0 Å². The second-order valence-corrected chi connectivity index (χ2v) is 7.78. The number of halogens is 6. The average molecular weight is 490 g/mol. The van der Waals surface area contributed by atoms with Gasteiger partial charge < -0.3 is 10.1 Å². The van der Waals surface area contributed by atoms with E-state index in [0.29, 0.717) is 5.56 Å². The van der Waals surface area contributed by atoms with Crippen molar-refractivity contribution in [2.45, 2.75) is 12.6 Å². The van der Waals surface area contributed by atoms with Crippen molar-refractivity contribution in [2.24, 2.45) is 0 Å². The highest BCUT2D eigenvalue weighted by molar-refractivity contribution is 6.40. The van der Waals surface area contributed by atoms with E-state index in [0.717, 1.165) is 4.68 Å². The van der Waals surface area contributed by atoms with Gasteiger partial charge >= 0.3 is 6.18 Å². The lowest BCUT2D eigenvalue weighted by Gasteiger charge is -2.09. The first-order valence-corrected chi connectivity index (χ1v) is 9.70. The fraction of sp³-hybridized carbons (Fsp3) is 0.105. The molecule has 0 spiro atoms. The van der Waals surface area contributed by atoms with Crippen molar-refractivity contribution in [3.8, 4) is 11.4 Å². The van der Waals surface area contributed by atoms with Gasteiger partial charge in [0.2, 0.25) is 0 Å². The molecule has 2 aromatic heterocycles. The zero-order valence-electron chi connectivity index (χ0n) is 15.1. The first kappa shape index (κ1) is 21.5. The van der Waals surface area contributed by atoms with Gasteiger partial charge in [-0.25, -0.2) is 9.67 Å². The number of phenols is 1. The SMILES string of the molecule is O=c1[nH]c(Cc2cccc(O)c2)nc2c1c(C(F)(F)F)nn2-c1c(Cl)cc(Cl)cc1Cl. The van der Waals surface area contributed by atoms with Gasteiger partial charge in [-0.1, -0.05) is 46.9 Å². The number of hydrogen-bond donors (Lipinski definition) is 2. The predicted molar refractivity (Wildman–Crippen MR) is 110 cm³/mol. The Hall–Kier alpha value is -2.75. The third kappa shape index (κ3) is 4.08. The van der Waals surface area contributed by atoms with Crippen molar-refractivity contribution in [2.75, 3.05) is 0 Å². The summed E-state index contributed by atoms with van der Waals surface area (Å²) in [4.78, 5) is 19.1. The van der Waals surface area contributed by atoms with E-state index in [1.807, 2.05) is 0 Å².